The predicted molar refractivity (Wildman–Crippen MR) is 33.7 cm³/mol. The molecule has 0 spiro atoms. The zero-order chi connectivity index (χ0) is 7.44. The van der Waals surface area contributed by atoms with Crippen molar-refractivity contribution < 1.29 is 9.90 Å². The molecule has 0 aliphatic carbocycles. The van der Waals surface area contributed by atoms with Crippen LogP contribution in [0.1, 0.15) is 6.92 Å². The number of aliphatic hydroxyl groups excluding tert-OH is 1. The van der Waals surface area contributed by atoms with Gasteiger partial charge in [-0.15, -0.1) is 0 Å². The van der Waals surface area contributed by atoms with E-state index in [0.717, 1.165) is 0 Å². The Morgan fingerprint density at radius 3 is 2.33 bits per heavy atom. The van der Waals surface area contributed by atoms with Gasteiger partial charge in [-0.2, -0.15) is 0 Å². The van der Waals surface area contributed by atoms with Gasteiger partial charge in [0.1, 0.15) is 6.04 Å². The number of carbonyl (C=O) groups is 1. The summed E-state index contributed by atoms with van der Waals surface area (Å²) in [5.74, 6) is -0.343. The van der Waals surface area contributed by atoms with E-state index >= 15 is 0 Å². The van der Waals surface area contributed by atoms with Crippen LogP contribution in [0, 0.1) is 0 Å². The summed E-state index contributed by atoms with van der Waals surface area (Å²) < 4.78 is 0. The maximum atomic E-state index is 10.6. The quantitative estimate of drug-likeness (QED) is 0.425. The van der Waals surface area contributed by atoms with Gasteiger partial charge in [0.15, 0.2) is 0 Å². The molecule has 0 bridgehead atoms. The third-order valence-electron chi connectivity index (χ3n) is 1.07. The zero-order valence-electron chi connectivity index (χ0n) is 5.59. The Labute approximate surface area is 54.0 Å². The Hall–Kier alpha value is -0.610. The third kappa shape index (κ3) is 2.43. The summed E-state index contributed by atoms with van der Waals surface area (Å²) in [5, 5.41) is 11.1. The summed E-state index contributed by atoms with van der Waals surface area (Å²) in [6.45, 7) is 1.47. The molecular formula is C5H12N2O2. The van der Waals surface area contributed by atoms with Crippen LogP contribution >= 0.6 is 0 Å². The van der Waals surface area contributed by atoms with Crippen molar-refractivity contribution >= 4 is 5.91 Å². The van der Waals surface area contributed by atoms with Crippen molar-refractivity contribution in [3.63, 3.8) is 0 Å². The number of nitrogens with two attached hydrogens (primary N) is 1. The molecule has 54 valence electrons. The van der Waals surface area contributed by atoms with Crippen LogP contribution in [0.5, 0.6) is 0 Å². The minimum absolute atomic E-state index is 0.343. The van der Waals surface area contributed by atoms with Crippen LogP contribution in [-0.4, -0.2) is 30.2 Å². The molecule has 4 N–H and O–H groups in total. The van der Waals surface area contributed by atoms with Gasteiger partial charge < -0.3 is 16.2 Å². The maximum Gasteiger partial charge on any atom is 0.239 e. The molecule has 0 rings (SSSR count). The van der Waals surface area contributed by atoms with Crippen LogP contribution < -0.4 is 11.1 Å². The molecule has 0 heterocycles. The van der Waals surface area contributed by atoms with Gasteiger partial charge in [-0.25, -0.2) is 0 Å². The molecule has 9 heavy (non-hydrogen) atoms. The normalized spacial score (nSPS) is 16.4. The van der Waals surface area contributed by atoms with Gasteiger partial charge in [0.25, 0.3) is 0 Å². The molecular weight excluding hydrogens is 120 g/mol. The smallest absolute Gasteiger partial charge is 0.239 e. The second-order valence-electron chi connectivity index (χ2n) is 1.88. The lowest BCUT2D eigenvalue weighted by molar-refractivity contribution is -0.123. The first kappa shape index (κ1) is 8.39. The number of amides is 1. The lowest BCUT2D eigenvalue weighted by atomic mass is 10.2. The second-order valence-corrected chi connectivity index (χ2v) is 1.88. The Morgan fingerprint density at radius 2 is 2.22 bits per heavy atom. The lowest BCUT2D eigenvalue weighted by Crippen LogP contribution is -2.45. The summed E-state index contributed by atoms with van der Waals surface area (Å²) in [6.07, 6.45) is -0.787. The van der Waals surface area contributed by atoms with E-state index in [2.05, 4.69) is 5.32 Å². The fraction of sp³-hybridized carbons (Fsp3) is 0.800. The summed E-state index contributed by atoms with van der Waals surface area (Å²) in [5.41, 5.74) is 5.21. The third-order valence-corrected chi connectivity index (χ3v) is 1.07. The molecule has 1 amide bonds. The van der Waals surface area contributed by atoms with Gasteiger partial charge in [0.05, 0.1) is 6.10 Å². The van der Waals surface area contributed by atoms with E-state index in [4.69, 9.17) is 10.8 Å². The fourth-order valence-corrected chi connectivity index (χ4v) is 0.386. The first-order valence-corrected chi connectivity index (χ1v) is 2.75. The number of hydrogen-bond acceptors (Lipinski definition) is 3. The monoisotopic (exact) mass is 132 g/mol. The molecule has 0 aliphatic heterocycles. The Kier molecular flexibility index (Phi) is 3.19. The molecule has 4 heteroatoms. The van der Waals surface area contributed by atoms with Crippen LogP contribution in [-0.2, 0) is 4.79 Å². The molecule has 0 saturated heterocycles. The SMILES string of the molecule is CNC(=O)[C@@H](N)C(C)O. The Bertz CT molecular complexity index is 103. The highest BCUT2D eigenvalue weighted by molar-refractivity contribution is 5.81. The maximum absolute atomic E-state index is 10.6. The van der Waals surface area contributed by atoms with Crippen molar-refractivity contribution in [1.82, 2.24) is 5.32 Å². The summed E-state index contributed by atoms with van der Waals surface area (Å²) in [7, 11) is 1.48. The first-order chi connectivity index (χ1) is 4.09. The van der Waals surface area contributed by atoms with E-state index in [-0.39, 0.29) is 5.91 Å². The van der Waals surface area contributed by atoms with E-state index in [1.807, 2.05) is 0 Å². The zero-order valence-corrected chi connectivity index (χ0v) is 5.59. The molecule has 0 aliphatic rings. The van der Waals surface area contributed by atoms with E-state index < -0.39 is 12.1 Å². The second kappa shape index (κ2) is 3.42. The number of rotatable bonds is 2. The van der Waals surface area contributed by atoms with Crippen LogP contribution in [0.3, 0.4) is 0 Å². The number of carbonyl (C=O) groups excluding carboxylic acids is 1. The van der Waals surface area contributed by atoms with Crippen molar-refractivity contribution in [3.05, 3.63) is 0 Å². The van der Waals surface area contributed by atoms with E-state index in [0.29, 0.717) is 0 Å². The van der Waals surface area contributed by atoms with Gasteiger partial charge >= 0.3 is 0 Å². The van der Waals surface area contributed by atoms with E-state index in [1.165, 1.54) is 14.0 Å². The molecule has 0 aromatic rings. The average molecular weight is 132 g/mol. The average Bonchev–Trinajstić information content (AvgIpc) is 1.84. The summed E-state index contributed by atoms with van der Waals surface area (Å²) in [4.78, 5) is 10.6. The Morgan fingerprint density at radius 1 is 1.78 bits per heavy atom. The van der Waals surface area contributed by atoms with Gasteiger partial charge in [-0.1, -0.05) is 0 Å². The lowest BCUT2D eigenvalue weighted by Gasteiger charge is -2.11. The molecule has 2 atom stereocenters. The van der Waals surface area contributed by atoms with Gasteiger partial charge in [-0.05, 0) is 6.92 Å². The molecule has 4 nitrogen and oxygen atoms in total. The van der Waals surface area contributed by atoms with Crippen LogP contribution in [0.4, 0.5) is 0 Å². The molecule has 0 aromatic heterocycles. The topological polar surface area (TPSA) is 75.4 Å². The number of nitrogens with one attached hydrogen (secondary N) is 1. The van der Waals surface area contributed by atoms with Gasteiger partial charge in [-0.3, -0.25) is 4.79 Å². The Balaban J connectivity index is 3.72. The highest BCUT2D eigenvalue weighted by Gasteiger charge is 2.16. The number of aliphatic hydroxyl groups is 1. The molecule has 0 fully saturated rings. The van der Waals surface area contributed by atoms with Crippen LogP contribution in [0.25, 0.3) is 0 Å². The minimum Gasteiger partial charge on any atom is -0.391 e. The van der Waals surface area contributed by atoms with Crippen molar-refractivity contribution in [1.29, 1.82) is 0 Å². The first-order valence-electron chi connectivity index (χ1n) is 2.75. The standard InChI is InChI=1S/C5H12N2O2/c1-3(8)4(6)5(9)7-2/h3-4,8H,6H2,1-2H3,(H,7,9)/t3?,4-/m0/s1. The van der Waals surface area contributed by atoms with Crippen LogP contribution in [0.15, 0.2) is 0 Å². The summed E-state index contributed by atoms with van der Waals surface area (Å²) >= 11 is 0. The van der Waals surface area contributed by atoms with Crippen molar-refractivity contribution in [3.8, 4) is 0 Å². The highest BCUT2D eigenvalue weighted by Crippen LogP contribution is 1.86. The molecule has 0 saturated carbocycles. The largest absolute Gasteiger partial charge is 0.391 e. The van der Waals surface area contributed by atoms with Crippen molar-refractivity contribution in [2.75, 3.05) is 7.05 Å². The molecule has 1 unspecified atom stereocenters. The van der Waals surface area contributed by atoms with Gasteiger partial charge in [0.2, 0.25) is 5.91 Å². The number of hydrogen-bond donors (Lipinski definition) is 3. The predicted octanol–water partition coefficient (Wildman–Crippen LogP) is -1.56. The minimum atomic E-state index is -0.810. The van der Waals surface area contributed by atoms with Crippen molar-refractivity contribution in [2.24, 2.45) is 5.73 Å². The van der Waals surface area contributed by atoms with Crippen LogP contribution in [0.2, 0.25) is 0 Å². The highest BCUT2D eigenvalue weighted by atomic mass is 16.3. The van der Waals surface area contributed by atoms with Crippen molar-refractivity contribution in [2.45, 2.75) is 19.1 Å². The van der Waals surface area contributed by atoms with Gasteiger partial charge in [0, 0.05) is 7.05 Å². The van der Waals surface area contributed by atoms with E-state index in [9.17, 15) is 4.79 Å². The molecule has 0 radical (unpaired) electrons. The number of likely N-dealkylation sites (N-methyl/N-ethyl adjacent to an activating group) is 1. The summed E-state index contributed by atoms with van der Waals surface area (Å²) in [6, 6.07) is -0.810. The molecule has 0 aromatic carbocycles. The van der Waals surface area contributed by atoms with E-state index in [1.54, 1.807) is 0 Å². The fourth-order valence-electron chi connectivity index (χ4n) is 0.386.